The lowest BCUT2D eigenvalue weighted by Crippen LogP contribution is -2.21. The van der Waals surface area contributed by atoms with Gasteiger partial charge in [-0.3, -0.25) is 4.79 Å². The Bertz CT molecular complexity index is 676. The van der Waals surface area contributed by atoms with Crippen LogP contribution in [-0.2, 0) is 6.54 Å². The van der Waals surface area contributed by atoms with E-state index in [2.05, 4.69) is 0 Å². The van der Waals surface area contributed by atoms with E-state index in [1.54, 1.807) is 42.0 Å². The monoisotopic (exact) mass is 273 g/mol. The largest absolute Gasteiger partial charge is 0.492 e. The zero-order valence-corrected chi connectivity index (χ0v) is 11.1. The summed E-state index contributed by atoms with van der Waals surface area (Å²) in [6, 6.07) is 9.77. The van der Waals surface area contributed by atoms with E-state index in [1.807, 2.05) is 0 Å². The third-order valence-electron chi connectivity index (χ3n) is 2.93. The van der Waals surface area contributed by atoms with Crippen LogP contribution >= 0.6 is 0 Å². The molecule has 0 aliphatic carbocycles. The lowest BCUT2D eigenvalue weighted by molar-refractivity contribution is 0.0696. The lowest BCUT2D eigenvalue weighted by atomic mass is 10.1. The number of benzene rings is 1. The van der Waals surface area contributed by atoms with Gasteiger partial charge in [0.15, 0.2) is 0 Å². The third-order valence-corrected chi connectivity index (χ3v) is 2.93. The molecule has 5 nitrogen and oxygen atoms in total. The highest BCUT2D eigenvalue weighted by Crippen LogP contribution is 2.17. The van der Waals surface area contributed by atoms with Crippen LogP contribution in [0.1, 0.15) is 15.9 Å². The van der Waals surface area contributed by atoms with E-state index in [9.17, 15) is 9.59 Å². The van der Waals surface area contributed by atoms with Crippen LogP contribution in [0.15, 0.2) is 47.4 Å². The number of carbonyl (C=O) groups is 1. The molecule has 0 saturated carbocycles. The molecule has 0 amide bonds. The van der Waals surface area contributed by atoms with Crippen molar-refractivity contribution < 1.29 is 14.6 Å². The molecular formula is C15H15NO4. The first-order valence-electron chi connectivity index (χ1n) is 6.20. The van der Waals surface area contributed by atoms with Gasteiger partial charge in [-0.25, -0.2) is 4.79 Å². The van der Waals surface area contributed by atoms with E-state index in [0.29, 0.717) is 24.5 Å². The van der Waals surface area contributed by atoms with E-state index in [4.69, 9.17) is 9.84 Å². The Labute approximate surface area is 116 Å². The van der Waals surface area contributed by atoms with Crippen molar-refractivity contribution in [1.82, 2.24) is 4.57 Å². The van der Waals surface area contributed by atoms with Gasteiger partial charge in [0, 0.05) is 12.3 Å². The van der Waals surface area contributed by atoms with Crippen LogP contribution in [0.25, 0.3) is 0 Å². The number of ether oxygens (including phenoxy) is 1. The SMILES string of the molecule is Cc1cc(OCCn2ccccc2=O)ccc1C(=O)O. The fourth-order valence-electron chi connectivity index (χ4n) is 1.87. The first kappa shape index (κ1) is 13.9. The Hall–Kier alpha value is -2.56. The highest BCUT2D eigenvalue weighted by atomic mass is 16.5. The van der Waals surface area contributed by atoms with Gasteiger partial charge in [-0.15, -0.1) is 0 Å². The molecule has 0 radical (unpaired) electrons. The van der Waals surface area contributed by atoms with Crippen LogP contribution in [0.2, 0.25) is 0 Å². The molecule has 0 saturated heterocycles. The Morgan fingerprint density at radius 1 is 1.30 bits per heavy atom. The molecule has 2 aromatic rings. The summed E-state index contributed by atoms with van der Waals surface area (Å²) in [6.07, 6.45) is 1.70. The van der Waals surface area contributed by atoms with Crippen LogP contribution in [0, 0.1) is 6.92 Å². The van der Waals surface area contributed by atoms with Crippen molar-refractivity contribution in [3.8, 4) is 5.75 Å². The second-order valence-corrected chi connectivity index (χ2v) is 4.36. The minimum Gasteiger partial charge on any atom is -0.492 e. The zero-order chi connectivity index (χ0) is 14.5. The maximum absolute atomic E-state index is 11.5. The van der Waals surface area contributed by atoms with Gasteiger partial charge in [-0.1, -0.05) is 6.07 Å². The quantitative estimate of drug-likeness (QED) is 0.903. The van der Waals surface area contributed by atoms with Crippen LogP contribution in [0.5, 0.6) is 5.75 Å². The molecule has 20 heavy (non-hydrogen) atoms. The molecule has 104 valence electrons. The number of carboxylic acid groups (broad SMARTS) is 1. The number of rotatable bonds is 5. The summed E-state index contributed by atoms with van der Waals surface area (Å²) in [5, 5.41) is 8.93. The molecule has 1 aromatic heterocycles. The molecular weight excluding hydrogens is 258 g/mol. The predicted octanol–water partition coefficient (Wildman–Crippen LogP) is 1.93. The van der Waals surface area contributed by atoms with E-state index in [0.717, 1.165) is 0 Å². The van der Waals surface area contributed by atoms with Gasteiger partial charge in [0.25, 0.3) is 5.56 Å². The van der Waals surface area contributed by atoms with Gasteiger partial charge < -0.3 is 14.4 Å². The highest BCUT2D eigenvalue weighted by Gasteiger charge is 2.07. The smallest absolute Gasteiger partial charge is 0.335 e. The van der Waals surface area contributed by atoms with E-state index >= 15 is 0 Å². The van der Waals surface area contributed by atoms with Gasteiger partial charge in [-0.2, -0.15) is 0 Å². The van der Waals surface area contributed by atoms with Gasteiger partial charge >= 0.3 is 5.97 Å². The average Bonchev–Trinajstić information content (AvgIpc) is 2.40. The van der Waals surface area contributed by atoms with Crippen LogP contribution in [-0.4, -0.2) is 22.2 Å². The summed E-state index contributed by atoms with van der Waals surface area (Å²) in [6.45, 7) is 2.51. The van der Waals surface area contributed by atoms with Gasteiger partial charge in [0.05, 0.1) is 12.1 Å². The second-order valence-electron chi connectivity index (χ2n) is 4.36. The lowest BCUT2D eigenvalue weighted by Gasteiger charge is -2.09. The maximum atomic E-state index is 11.5. The van der Waals surface area contributed by atoms with Crippen molar-refractivity contribution in [3.63, 3.8) is 0 Å². The molecule has 0 atom stereocenters. The fraction of sp³-hybridized carbons (Fsp3) is 0.200. The maximum Gasteiger partial charge on any atom is 0.335 e. The minimum atomic E-state index is -0.954. The van der Waals surface area contributed by atoms with Crippen molar-refractivity contribution >= 4 is 5.97 Å². The average molecular weight is 273 g/mol. The summed E-state index contributed by atoms with van der Waals surface area (Å²) in [5.41, 5.74) is 0.831. The van der Waals surface area contributed by atoms with Crippen molar-refractivity contribution in [2.24, 2.45) is 0 Å². The topological polar surface area (TPSA) is 68.5 Å². The first-order valence-corrected chi connectivity index (χ1v) is 6.20. The molecule has 1 heterocycles. The molecule has 0 bridgehead atoms. The number of aryl methyl sites for hydroxylation is 1. The van der Waals surface area contributed by atoms with Crippen molar-refractivity contribution in [3.05, 3.63) is 64.1 Å². The Morgan fingerprint density at radius 2 is 2.10 bits per heavy atom. The van der Waals surface area contributed by atoms with E-state index in [-0.39, 0.29) is 11.1 Å². The van der Waals surface area contributed by atoms with Crippen LogP contribution in [0.3, 0.4) is 0 Å². The number of nitrogens with zero attached hydrogens (tertiary/aromatic N) is 1. The van der Waals surface area contributed by atoms with E-state index < -0.39 is 5.97 Å². The molecule has 1 aromatic carbocycles. The predicted molar refractivity (Wildman–Crippen MR) is 74.3 cm³/mol. The van der Waals surface area contributed by atoms with E-state index in [1.165, 1.54) is 12.1 Å². The molecule has 0 aliphatic heterocycles. The van der Waals surface area contributed by atoms with Crippen molar-refractivity contribution in [1.29, 1.82) is 0 Å². The number of aromatic carboxylic acids is 1. The fourth-order valence-corrected chi connectivity index (χ4v) is 1.87. The zero-order valence-electron chi connectivity index (χ0n) is 11.1. The molecule has 1 N–H and O–H groups in total. The summed E-state index contributed by atoms with van der Waals surface area (Å²) in [7, 11) is 0. The Morgan fingerprint density at radius 3 is 2.75 bits per heavy atom. The van der Waals surface area contributed by atoms with Gasteiger partial charge in [0.2, 0.25) is 0 Å². The number of hydrogen-bond donors (Lipinski definition) is 1. The normalized spacial score (nSPS) is 10.2. The summed E-state index contributed by atoms with van der Waals surface area (Å²) in [4.78, 5) is 22.4. The molecule has 2 rings (SSSR count). The molecule has 5 heteroatoms. The van der Waals surface area contributed by atoms with Crippen LogP contribution < -0.4 is 10.3 Å². The van der Waals surface area contributed by atoms with Crippen molar-refractivity contribution in [2.45, 2.75) is 13.5 Å². The molecule has 0 unspecified atom stereocenters. The van der Waals surface area contributed by atoms with Crippen molar-refractivity contribution in [2.75, 3.05) is 6.61 Å². The Balaban J connectivity index is 1.98. The summed E-state index contributed by atoms with van der Waals surface area (Å²) in [5.74, 6) is -0.360. The number of pyridine rings is 1. The molecule has 0 fully saturated rings. The van der Waals surface area contributed by atoms with Crippen LogP contribution in [0.4, 0.5) is 0 Å². The third kappa shape index (κ3) is 3.26. The van der Waals surface area contributed by atoms with Gasteiger partial charge in [-0.05, 0) is 36.8 Å². The first-order chi connectivity index (χ1) is 9.58. The second kappa shape index (κ2) is 6.06. The molecule has 0 aliphatic rings. The van der Waals surface area contributed by atoms with Gasteiger partial charge in [0.1, 0.15) is 12.4 Å². The highest BCUT2D eigenvalue weighted by molar-refractivity contribution is 5.89. The number of carboxylic acids is 1. The number of aromatic nitrogens is 1. The minimum absolute atomic E-state index is 0.0755. The standard InChI is InChI=1S/C15H15NO4/c1-11-10-12(5-6-13(11)15(18)19)20-9-8-16-7-3-2-4-14(16)17/h2-7,10H,8-9H2,1H3,(H,18,19). The summed E-state index contributed by atoms with van der Waals surface area (Å²) < 4.78 is 7.08. The summed E-state index contributed by atoms with van der Waals surface area (Å²) >= 11 is 0. The molecule has 0 spiro atoms. The Kier molecular flexibility index (Phi) is 4.20. The number of hydrogen-bond acceptors (Lipinski definition) is 3.